The number of hydrogen-bond acceptors (Lipinski definition) is 2. The molecule has 1 fully saturated rings. The smallest absolute Gasteiger partial charge is 0.325 e. The van der Waals surface area contributed by atoms with Crippen molar-refractivity contribution in [2.24, 2.45) is 11.8 Å². The topological polar surface area (TPSA) is 66.4 Å². The summed E-state index contributed by atoms with van der Waals surface area (Å²) >= 11 is 0. The van der Waals surface area contributed by atoms with Gasteiger partial charge in [0.25, 0.3) is 0 Å². The molecule has 0 aliphatic heterocycles. The van der Waals surface area contributed by atoms with Crippen LogP contribution in [-0.2, 0) is 9.59 Å². The maximum atomic E-state index is 11.9. The zero-order valence-electron chi connectivity index (χ0n) is 10.7. The Hall–Kier alpha value is -1.06. The molecule has 1 amide bonds. The molecule has 0 aromatic carbocycles. The first-order valence-electron chi connectivity index (χ1n) is 6.57. The molecule has 1 aliphatic rings. The molecule has 98 valence electrons. The van der Waals surface area contributed by atoms with Crippen LogP contribution < -0.4 is 5.32 Å². The minimum Gasteiger partial charge on any atom is -0.480 e. The molecule has 4 nitrogen and oxygen atoms in total. The number of carbonyl (C=O) groups is 2. The van der Waals surface area contributed by atoms with E-state index in [1.54, 1.807) is 0 Å². The van der Waals surface area contributed by atoms with E-state index in [2.05, 4.69) is 5.32 Å². The molecule has 0 bridgehead atoms. The summed E-state index contributed by atoms with van der Waals surface area (Å²) in [7, 11) is 0. The standard InChI is InChI=1S/C13H23NO3/c1-3-11(8-10-6-4-5-7-10)12(15)14-9(2)13(16)17/h9-11H,3-8H2,1-2H3,(H,14,15)(H,16,17)/t9-,11?/m1/s1. The van der Waals surface area contributed by atoms with Crippen molar-refractivity contribution in [3.8, 4) is 0 Å². The van der Waals surface area contributed by atoms with Crippen molar-refractivity contribution >= 4 is 11.9 Å². The van der Waals surface area contributed by atoms with E-state index >= 15 is 0 Å². The Bertz CT molecular complexity index is 272. The van der Waals surface area contributed by atoms with Crippen LogP contribution in [0.2, 0.25) is 0 Å². The van der Waals surface area contributed by atoms with Gasteiger partial charge in [0.05, 0.1) is 0 Å². The summed E-state index contributed by atoms with van der Waals surface area (Å²) in [5, 5.41) is 11.3. The predicted octanol–water partition coefficient (Wildman–Crippen LogP) is 2.18. The fourth-order valence-electron chi connectivity index (χ4n) is 2.50. The van der Waals surface area contributed by atoms with Crippen LogP contribution in [0.25, 0.3) is 0 Å². The molecule has 1 saturated carbocycles. The third-order valence-electron chi connectivity index (χ3n) is 3.69. The van der Waals surface area contributed by atoms with Crippen molar-refractivity contribution in [1.29, 1.82) is 0 Å². The third-order valence-corrected chi connectivity index (χ3v) is 3.69. The highest BCUT2D eigenvalue weighted by atomic mass is 16.4. The predicted molar refractivity (Wildman–Crippen MR) is 65.6 cm³/mol. The summed E-state index contributed by atoms with van der Waals surface area (Å²) < 4.78 is 0. The molecule has 2 atom stereocenters. The summed E-state index contributed by atoms with van der Waals surface area (Å²) in [5.41, 5.74) is 0. The van der Waals surface area contributed by atoms with Crippen LogP contribution in [0.5, 0.6) is 0 Å². The van der Waals surface area contributed by atoms with Gasteiger partial charge in [0.15, 0.2) is 0 Å². The quantitative estimate of drug-likeness (QED) is 0.749. The number of carbonyl (C=O) groups excluding carboxylic acids is 1. The van der Waals surface area contributed by atoms with Gasteiger partial charge in [-0.25, -0.2) is 0 Å². The highest BCUT2D eigenvalue weighted by molar-refractivity contribution is 5.84. The monoisotopic (exact) mass is 241 g/mol. The molecule has 1 unspecified atom stereocenters. The molecule has 0 heterocycles. The molecule has 0 saturated heterocycles. The summed E-state index contributed by atoms with van der Waals surface area (Å²) in [6, 6.07) is -0.792. The lowest BCUT2D eigenvalue weighted by Crippen LogP contribution is -2.41. The number of hydrogen-bond donors (Lipinski definition) is 2. The van der Waals surface area contributed by atoms with Crippen molar-refractivity contribution < 1.29 is 14.7 Å². The van der Waals surface area contributed by atoms with E-state index < -0.39 is 12.0 Å². The maximum Gasteiger partial charge on any atom is 0.325 e. The summed E-state index contributed by atoms with van der Waals surface area (Å²) in [4.78, 5) is 22.6. The number of carboxylic acids is 1. The normalized spacial score (nSPS) is 19.9. The van der Waals surface area contributed by atoms with Crippen molar-refractivity contribution in [2.45, 2.75) is 58.4 Å². The first kappa shape index (κ1) is 14.0. The average molecular weight is 241 g/mol. The molecule has 0 radical (unpaired) electrons. The Kier molecular flexibility index (Phi) is 5.45. The van der Waals surface area contributed by atoms with Crippen LogP contribution in [0.4, 0.5) is 0 Å². The van der Waals surface area contributed by atoms with Gasteiger partial charge in [0, 0.05) is 5.92 Å². The van der Waals surface area contributed by atoms with Crippen molar-refractivity contribution in [3.63, 3.8) is 0 Å². The van der Waals surface area contributed by atoms with Gasteiger partial charge in [-0.2, -0.15) is 0 Å². The number of nitrogens with one attached hydrogen (secondary N) is 1. The minimum atomic E-state index is -0.978. The van der Waals surface area contributed by atoms with Gasteiger partial charge in [-0.1, -0.05) is 32.6 Å². The minimum absolute atomic E-state index is 0.0279. The van der Waals surface area contributed by atoms with Crippen molar-refractivity contribution in [2.75, 3.05) is 0 Å². The van der Waals surface area contributed by atoms with Gasteiger partial charge in [-0.3, -0.25) is 9.59 Å². The van der Waals surface area contributed by atoms with Crippen LogP contribution in [0.1, 0.15) is 52.4 Å². The number of rotatable bonds is 6. The van der Waals surface area contributed by atoms with E-state index in [0.717, 1.165) is 12.8 Å². The molecule has 2 N–H and O–H groups in total. The molecule has 0 spiro atoms. The maximum absolute atomic E-state index is 11.9. The van der Waals surface area contributed by atoms with E-state index in [9.17, 15) is 9.59 Å². The second-order valence-corrected chi connectivity index (χ2v) is 5.06. The average Bonchev–Trinajstić information content (AvgIpc) is 2.78. The Morgan fingerprint density at radius 2 is 1.94 bits per heavy atom. The lowest BCUT2D eigenvalue weighted by molar-refractivity contribution is -0.142. The number of aliphatic carboxylic acids is 1. The fourth-order valence-corrected chi connectivity index (χ4v) is 2.50. The molecular weight excluding hydrogens is 218 g/mol. The fraction of sp³-hybridized carbons (Fsp3) is 0.846. The van der Waals surface area contributed by atoms with E-state index in [0.29, 0.717) is 5.92 Å². The van der Waals surface area contributed by atoms with Crippen molar-refractivity contribution in [3.05, 3.63) is 0 Å². The zero-order valence-corrected chi connectivity index (χ0v) is 10.7. The van der Waals surface area contributed by atoms with Gasteiger partial charge in [0.2, 0.25) is 5.91 Å². The molecule has 0 aromatic heterocycles. The molecule has 1 aliphatic carbocycles. The zero-order chi connectivity index (χ0) is 12.8. The van der Waals surface area contributed by atoms with Crippen LogP contribution in [-0.4, -0.2) is 23.0 Å². The van der Waals surface area contributed by atoms with Crippen molar-refractivity contribution in [1.82, 2.24) is 5.32 Å². The second-order valence-electron chi connectivity index (χ2n) is 5.06. The lowest BCUT2D eigenvalue weighted by Gasteiger charge is -2.20. The largest absolute Gasteiger partial charge is 0.480 e. The SMILES string of the molecule is CCC(CC1CCCC1)C(=O)N[C@H](C)C(=O)O. The van der Waals surface area contributed by atoms with E-state index in [4.69, 9.17) is 5.11 Å². The Balaban J connectivity index is 2.42. The highest BCUT2D eigenvalue weighted by Gasteiger charge is 2.25. The summed E-state index contributed by atoms with van der Waals surface area (Å²) in [6.45, 7) is 3.49. The first-order chi connectivity index (χ1) is 8.04. The van der Waals surface area contributed by atoms with Gasteiger partial charge < -0.3 is 10.4 Å². The van der Waals surface area contributed by atoms with Gasteiger partial charge in [-0.05, 0) is 25.7 Å². The van der Waals surface area contributed by atoms with Gasteiger partial charge >= 0.3 is 5.97 Å². The summed E-state index contributed by atoms with van der Waals surface area (Å²) in [6.07, 6.45) is 6.68. The number of carboxylic acid groups (broad SMARTS) is 1. The van der Waals surface area contributed by atoms with Crippen LogP contribution in [0, 0.1) is 11.8 Å². The van der Waals surface area contributed by atoms with E-state index in [1.165, 1.54) is 32.6 Å². The van der Waals surface area contributed by atoms with Gasteiger partial charge in [0.1, 0.15) is 6.04 Å². The number of amides is 1. The molecule has 1 rings (SSSR count). The first-order valence-corrected chi connectivity index (χ1v) is 6.57. The van der Waals surface area contributed by atoms with E-state index in [1.807, 2.05) is 6.92 Å². The lowest BCUT2D eigenvalue weighted by atomic mass is 9.90. The molecule has 17 heavy (non-hydrogen) atoms. The second kappa shape index (κ2) is 6.62. The van der Waals surface area contributed by atoms with Crippen LogP contribution in [0.15, 0.2) is 0 Å². The Morgan fingerprint density at radius 3 is 2.41 bits per heavy atom. The van der Waals surface area contributed by atoms with Gasteiger partial charge in [-0.15, -0.1) is 0 Å². The Morgan fingerprint density at radius 1 is 1.35 bits per heavy atom. The highest BCUT2D eigenvalue weighted by Crippen LogP contribution is 2.31. The summed E-state index contributed by atoms with van der Waals surface area (Å²) in [5.74, 6) is -0.450. The molecular formula is C13H23NO3. The Labute approximate surface area is 103 Å². The molecule has 0 aromatic rings. The third kappa shape index (κ3) is 4.36. The molecule has 4 heteroatoms. The van der Waals surface area contributed by atoms with Crippen LogP contribution >= 0.6 is 0 Å². The van der Waals surface area contributed by atoms with E-state index in [-0.39, 0.29) is 11.8 Å². The van der Waals surface area contributed by atoms with Crippen LogP contribution in [0.3, 0.4) is 0 Å².